The third-order valence-electron chi connectivity index (χ3n) is 4.92. The molecular weight excluding hydrogens is 395 g/mol. The molecule has 31 heavy (non-hydrogen) atoms. The van der Waals surface area contributed by atoms with Gasteiger partial charge < -0.3 is 15.5 Å². The molecule has 4 rings (SSSR count). The molecule has 0 atom stereocenters. The summed E-state index contributed by atoms with van der Waals surface area (Å²) in [4.78, 5) is 20.7. The van der Waals surface area contributed by atoms with E-state index in [4.69, 9.17) is 10.2 Å². The average molecular weight is 416 g/mol. The van der Waals surface area contributed by atoms with Gasteiger partial charge in [-0.1, -0.05) is 18.2 Å². The van der Waals surface area contributed by atoms with Gasteiger partial charge in [-0.3, -0.25) is 4.79 Å². The number of hydrogen-bond donors (Lipinski definition) is 2. The van der Waals surface area contributed by atoms with Crippen LogP contribution in [-0.4, -0.2) is 15.9 Å². The van der Waals surface area contributed by atoms with Gasteiger partial charge in [-0.15, -0.1) is 0 Å². The number of aryl methyl sites for hydroxylation is 2. The van der Waals surface area contributed by atoms with E-state index >= 15 is 0 Å². The summed E-state index contributed by atoms with van der Waals surface area (Å²) in [6.07, 6.45) is 4.41. The van der Waals surface area contributed by atoms with Gasteiger partial charge in [0.15, 0.2) is 0 Å². The predicted molar refractivity (Wildman–Crippen MR) is 117 cm³/mol. The smallest absolute Gasteiger partial charge is 0.249 e. The van der Waals surface area contributed by atoms with Crippen LogP contribution in [0.1, 0.15) is 27.4 Å². The molecule has 0 spiro atoms. The maximum absolute atomic E-state index is 13.5. The van der Waals surface area contributed by atoms with Crippen LogP contribution in [0.4, 0.5) is 16.0 Å². The fourth-order valence-electron chi connectivity index (χ4n) is 3.40. The summed E-state index contributed by atoms with van der Waals surface area (Å²) < 4.78 is 19.1. The zero-order chi connectivity index (χ0) is 21.8. The molecule has 0 saturated heterocycles. The van der Waals surface area contributed by atoms with Crippen LogP contribution in [0.3, 0.4) is 0 Å². The molecule has 0 unspecified atom stereocenters. The van der Waals surface area contributed by atoms with Gasteiger partial charge in [-0.25, -0.2) is 14.4 Å². The van der Waals surface area contributed by atoms with Crippen LogP contribution in [0.15, 0.2) is 71.4 Å². The lowest BCUT2D eigenvalue weighted by Gasteiger charge is -2.14. The molecule has 0 aliphatic carbocycles. The van der Waals surface area contributed by atoms with E-state index in [1.54, 1.807) is 36.7 Å². The number of anilines is 2. The Morgan fingerprint density at radius 3 is 2.48 bits per heavy atom. The number of nitrogens with one attached hydrogen (secondary N) is 1. The maximum atomic E-state index is 13.5. The molecular formula is C24H21FN4O2. The van der Waals surface area contributed by atoms with Crippen LogP contribution in [0.25, 0.3) is 11.1 Å². The number of halogens is 1. The van der Waals surface area contributed by atoms with E-state index in [-0.39, 0.29) is 5.82 Å². The Hall–Kier alpha value is -4.00. The third kappa shape index (κ3) is 4.78. The van der Waals surface area contributed by atoms with Crippen LogP contribution in [0.5, 0.6) is 0 Å². The molecule has 2 aromatic carbocycles. The number of benzene rings is 2. The number of rotatable bonds is 7. The SMILES string of the molecule is Cc1ccc(CCc2c(Nc3ncc(-c4cccc(F)c4)cn3)cccc2C(N)=O)o1. The molecule has 0 saturated carbocycles. The first-order valence-electron chi connectivity index (χ1n) is 9.81. The van der Waals surface area contributed by atoms with E-state index in [1.807, 2.05) is 25.1 Å². The van der Waals surface area contributed by atoms with E-state index in [2.05, 4.69) is 15.3 Å². The number of nitrogens with two attached hydrogens (primary N) is 1. The summed E-state index contributed by atoms with van der Waals surface area (Å²) in [7, 11) is 0. The zero-order valence-electron chi connectivity index (χ0n) is 16.9. The van der Waals surface area contributed by atoms with Gasteiger partial charge in [0.1, 0.15) is 17.3 Å². The fraction of sp³-hybridized carbons (Fsp3) is 0.125. The minimum atomic E-state index is -0.503. The van der Waals surface area contributed by atoms with E-state index in [0.717, 1.165) is 17.1 Å². The van der Waals surface area contributed by atoms with Crippen molar-refractivity contribution in [3.8, 4) is 11.1 Å². The van der Waals surface area contributed by atoms with Crippen molar-refractivity contribution in [1.29, 1.82) is 0 Å². The monoisotopic (exact) mass is 416 g/mol. The first-order chi connectivity index (χ1) is 15.0. The van der Waals surface area contributed by atoms with Crippen molar-refractivity contribution in [2.45, 2.75) is 19.8 Å². The molecule has 7 heteroatoms. The van der Waals surface area contributed by atoms with Crippen LogP contribution in [0.2, 0.25) is 0 Å². The van der Waals surface area contributed by atoms with Gasteiger partial charge in [0.05, 0.1) is 0 Å². The predicted octanol–water partition coefficient (Wildman–Crippen LogP) is 4.81. The summed E-state index contributed by atoms with van der Waals surface area (Å²) in [6, 6.07) is 15.4. The topological polar surface area (TPSA) is 94.0 Å². The van der Waals surface area contributed by atoms with Crippen molar-refractivity contribution >= 4 is 17.5 Å². The summed E-state index contributed by atoms with van der Waals surface area (Å²) in [5, 5.41) is 3.16. The lowest BCUT2D eigenvalue weighted by atomic mass is 9.99. The van der Waals surface area contributed by atoms with Crippen molar-refractivity contribution < 1.29 is 13.6 Å². The molecule has 156 valence electrons. The zero-order valence-corrected chi connectivity index (χ0v) is 16.9. The fourth-order valence-corrected chi connectivity index (χ4v) is 3.40. The summed E-state index contributed by atoms with van der Waals surface area (Å²) in [6.45, 7) is 1.89. The van der Waals surface area contributed by atoms with Gasteiger partial charge in [-0.2, -0.15) is 0 Å². The Balaban J connectivity index is 1.58. The Morgan fingerprint density at radius 2 is 1.81 bits per heavy atom. The standard InChI is InChI=1S/C24H21FN4O2/c1-15-8-9-19(31-15)10-11-20-21(23(26)30)6-3-7-22(20)29-24-27-13-17(14-28-24)16-4-2-5-18(25)12-16/h2-9,12-14H,10-11H2,1H3,(H2,26,30)(H,27,28,29). The Morgan fingerprint density at radius 1 is 1.03 bits per heavy atom. The van der Waals surface area contributed by atoms with Crippen molar-refractivity contribution in [3.63, 3.8) is 0 Å². The second kappa shape index (κ2) is 8.79. The van der Waals surface area contributed by atoms with Crippen LogP contribution in [-0.2, 0) is 12.8 Å². The van der Waals surface area contributed by atoms with Crippen LogP contribution < -0.4 is 11.1 Å². The Bertz CT molecular complexity index is 1220. The molecule has 2 heterocycles. The van der Waals surface area contributed by atoms with Gasteiger partial charge in [0.2, 0.25) is 11.9 Å². The van der Waals surface area contributed by atoms with Crippen molar-refractivity contribution in [3.05, 3.63) is 95.5 Å². The van der Waals surface area contributed by atoms with Crippen LogP contribution in [0, 0.1) is 12.7 Å². The molecule has 0 fully saturated rings. The van der Waals surface area contributed by atoms with Gasteiger partial charge in [-0.05, 0) is 60.9 Å². The first kappa shape index (κ1) is 20.3. The molecule has 1 amide bonds. The number of primary amides is 1. The lowest BCUT2D eigenvalue weighted by Crippen LogP contribution is -2.15. The second-order valence-corrected chi connectivity index (χ2v) is 7.14. The largest absolute Gasteiger partial charge is 0.466 e. The number of amides is 1. The van der Waals surface area contributed by atoms with Gasteiger partial charge >= 0.3 is 0 Å². The summed E-state index contributed by atoms with van der Waals surface area (Å²) in [5.41, 5.74) is 8.88. The highest BCUT2D eigenvalue weighted by Gasteiger charge is 2.14. The van der Waals surface area contributed by atoms with Crippen molar-refractivity contribution in [2.24, 2.45) is 5.73 Å². The average Bonchev–Trinajstić information content (AvgIpc) is 3.18. The highest BCUT2D eigenvalue weighted by atomic mass is 19.1. The molecule has 0 radical (unpaired) electrons. The number of furan rings is 1. The molecule has 2 aromatic heterocycles. The molecule has 0 aliphatic rings. The normalized spacial score (nSPS) is 10.8. The second-order valence-electron chi connectivity index (χ2n) is 7.14. The highest BCUT2D eigenvalue weighted by molar-refractivity contribution is 5.96. The van der Waals surface area contributed by atoms with Gasteiger partial charge in [0.25, 0.3) is 0 Å². The van der Waals surface area contributed by atoms with E-state index in [9.17, 15) is 9.18 Å². The first-order valence-corrected chi connectivity index (χ1v) is 9.81. The molecule has 4 aromatic rings. The van der Waals surface area contributed by atoms with Gasteiger partial charge in [0, 0.05) is 35.6 Å². The molecule has 0 bridgehead atoms. The van der Waals surface area contributed by atoms with Crippen LogP contribution >= 0.6 is 0 Å². The maximum Gasteiger partial charge on any atom is 0.249 e. The van der Waals surface area contributed by atoms with Crippen molar-refractivity contribution in [1.82, 2.24) is 9.97 Å². The Labute approximate surface area is 179 Å². The minimum Gasteiger partial charge on any atom is -0.466 e. The summed E-state index contributed by atoms with van der Waals surface area (Å²) in [5.74, 6) is 1.20. The number of nitrogens with zero attached hydrogens (tertiary/aromatic N) is 2. The third-order valence-corrected chi connectivity index (χ3v) is 4.92. The quantitative estimate of drug-likeness (QED) is 0.451. The lowest BCUT2D eigenvalue weighted by molar-refractivity contribution is 0.0999. The number of hydrogen-bond acceptors (Lipinski definition) is 5. The molecule has 3 N–H and O–H groups in total. The highest BCUT2D eigenvalue weighted by Crippen LogP contribution is 2.26. The van der Waals surface area contributed by atoms with E-state index in [0.29, 0.717) is 41.2 Å². The Kier molecular flexibility index (Phi) is 5.75. The van der Waals surface area contributed by atoms with E-state index < -0.39 is 5.91 Å². The van der Waals surface area contributed by atoms with E-state index in [1.165, 1.54) is 12.1 Å². The molecule has 6 nitrogen and oxygen atoms in total. The summed E-state index contributed by atoms with van der Waals surface area (Å²) >= 11 is 0. The van der Waals surface area contributed by atoms with Crippen molar-refractivity contribution in [2.75, 3.05) is 5.32 Å². The minimum absolute atomic E-state index is 0.320. The number of aromatic nitrogens is 2. The number of carbonyl (C=O) groups excluding carboxylic acids is 1. The molecule has 0 aliphatic heterocycles. The number of carbonyl (C=O) groups is 1.